The van der Waals surface area contributed by atoms with E-state index in [2.05, 4.69) is 31.9 Å². The number of aliphatic imine (C=N–C) groups is 1. The van der Waals surface area contributed by atoms with Gasteiger partial charge in [-0.05, 0) is 18.6 Å². The van der Waals surface area contributed by atoms with Crippen LogP contribution in [0, 0.1) is 0 Å². The molecule has 0 spiro atoms. The highest BCUT2D eigenvalue weighted by atomic mass is 28.4. The molecule has 0 aromatic rings. The second-order valence-corrected chi connectivity index (χ2v) is 7.93. The molecular formula is C7H15NO2Si. The Bertz CT molecular complexity index is 162. The zero-order chi connectivity index (χ0) is 8.91. The van der Waals surface area contributed by atoms with Gasteiger partial charge < -0.3 is 4.43 Å². The summed E-state index contributed by atoms with van der Waals surface area (Å²) >= 11 is 0. The first kappa shape index (κ1) is 10.6. The normalized spacial score (nSPS) is 11.4. The average Bonchev–Trinajstić information content (AvgIpc) is 1.88. The van der Waals surface area contributed by atoms with Gasteiger partial charge in [0.1, 0.15) is 6.73 Å². The fraction of sp³-hybridized carbons (Fsp3) is 0.857. The van der Waals surface area contributed by atoms with E-state index in [1.54, 1.807) is 0 Å². The van der Waals surface area contributed by atoms with E-state index in [1.807, 2.05) is 0 Å². The van der Waals surface area contributed by atoms with Crippen LogP contribution in [0.1, 0.15) is 13.8 Å². The quantitative estimate of drug-likeness (QED) is 0.370. The summed E-state index contributed by atoms with van der Waals surface area (Å²) in [5, 5.41) is 0. The first-order valence-electron chi connectivity index (χ1n) is 3.68. The van der Waals surface area contributed by atoms with E-state index in [-0.39, 0.29) is 6.73 Å². The van der Waals surface area contributed by atoms with Crippen molar-refractivity contribution >= 4 is 14.4 Å². The minimum Gasteiger partial charge on any atom is -0.398 e. The highest BCUT2D eigenvalue weighted by Crippen LogP contribution is 2.20. The molecule has 0 radical (unpaired) electrons. The summed E-state index contributed by atoms with van der Waals surface area (Å²) in [7, 11) is -1.59. The number of rotatable bonds is 4. The molecule has 0 fully saturated rings. The van der Waals surface area contributed by atoms with Gasteiger partial charge in [0.15, 0.2) is 8.32 Å². The highest BCUT2D eigenvalue weighted by Gasteiger charge is 2.26. The predicted molar refractivity (Wildman–Crippen MR) is 46.7 cm³/mol. The predicted octanol–water partition coefficient (Wildman–Crippen LogP) is 1.91. The molecule has 0 aromatic carbocycles. The molecule has 0 bridgehead atoms. The highest BCUT2D eigenvalue weighted by molar-refractivity contribution is 6.72. The lowest BCUT2D eigenvalue weighted by molar-refractivity contribution is 0.313. The van der Waals surface area contributed by atoms with Crippen LogP contribution in [-0.4, -0.2) is 21.1 Å². The Balaban J connectivity index is 3.81. The van der Waals surface area contributed by atoms with Gasteiger partial charge in [0.25, 0.3) is 0 Å². The van der Waals surface area contributed by atoms with Gasteiger partial charge in [-0.2, -0.15) is 4.99 Å². The molecule has 0 aliphatic carbocycles. The van der Waals surface area contributed by atoms with E-state index < -0.39 is 8.32 Å². The second-order valence-electron chi connectivity index (χ2n) is 3.28. The topological polar surface area (TPSA) is 38.7 Å². The zero-order valence-electron chi connectivity index (χ0n) is 7.55. The molecule has 4 heteroatoms. The Labute approximate surface area is 68.6 Å². The lowest BCUT2D eigenvalue weighted by atomic mass is 10.6. The average molecular weight is 173 g/mol. The molecule has 0 amide bonds. The molecule has 0 rings (SSSR count). The van der Waals surface area contributed by atoms with Crippen molar-refractivity contribution in [2.45, 2.75) is 32.5 Å². The Morgan fingerprint density at radius 1 is 1.55 bits per heavy atom. The number of hydrogen-bond acceptors (Lipinski definition) is 3. The number of isocyanates is 1. The number of carbonyl (C=O) groups excluding carboxylic acids is 1. The van der Waals surface area contributed by atoms with Crippen LogP contribution in [0.2, 0.25) is 18.6 Å². The molecule has 0 aliphatic rings. The van der Waals surface area contributed by atoms with Gasteiger partial charge in [-0.3, -0.25) is 0 Å². The number of hydrogen-bond donors (Lipinski definition) is 0. The molecule has 3 nitrogen and oxygen atoms in total. The summed E-state index contributed by atoms with van der Waals surface area (Å²) < 4.78 is 5.44. The fourth-order valence-corrected chi connectivity index (χ4v) is 1.12. The summed E-state index contributed by atoms with van der Waals surface area (Å²) in [4.78, 5) is 13.1. The third-order valence-electron chi connectivity index (χ3n) is 1.96. The maximum Gasteiger partial charge on any atom is 0.237 e. The van der Waals surface area contributed by atoms with Gasteiger partial charge in [-0.15, -0.1) is 0 Å². The van der Waals surface area contributed by atoms with E-state index in [9.17, 15) is 4.79 Å². The van der Waals surface area contributed by atoms with Crippen molar-refractivity contribution in [2.24, 2.45) is 4.99 Å². The Morgan fingerprint density at radius 2 is 2.09 bits per heavy atom. The fourth-order valence-electron chi connectivity index (χ4n) is 0.392. The Kier molecular flexibility index (Phi) is 4.26. The van der Waals surface area contributed by atoms with Crippen LogP contribution in [0.3, 0.4) is 0 Å². The van der Waals surface area contributed by atoms with Crippen LogP contribution in [0.5, 0.6) is 0 Å². The summed E-state index contributed by atoms with van der Waals surface area (Å²) in [6.07, 6.45) is 1.45. The zero-order valence-corrected chi connectivity index (χ0v) is 8.55. The van der Waals surface area contributed by atoms with Gasteiger partial charge in [0.2, 0.25) is 6.08 Å². The third-order valence-corrected chi connectivity index (χ3v) is 5.61. The lowest BCUT2D eigenvalue weighted by Gasteiger charge is -2.25. The largest absolute Gasteiger partial charge is 0.398 e. The molecule has 0 N–H and O–H groups in total. The smallest absolute Gasteiger partial charge is 0.237 e. The van der Waals surface area contributed by atoms with E-state index in [4.69, 9.17) is 4.43 Å². The molecule has 11 heavy (non-hydrogen) atoms. The van der Waals surface area contributed by atoms with Gasteiger partial charge in [-0.1, -0.05) is 13.8 Å². The van der Waals surface area contributed by atoms with Gasteiger partial charge in [-0.25, -0.2) is 4.79 Å². The van der Waals surface area contributed by atoms with Gasteiger partial charge >= 0.3 is 0 Å². The molecule has 0 saturated carbocycles. The van der Waals surface area contributed by atoms with Crippen LogP contribution >= 0.6 is 0 Å². The lowest BCUT2D eigenvalue weighted by Crippen LogP contribution is -2.33. The van der Waals surface area contributed by atoms with Gasteiger partial charge in [0, 0.05) is 0 Å². The summed E-state index contributed by atoms with van der Waals surface area (Å²) in [5.74, 6) is 0. The Hall–Kier alpha value is -0.443. The van der Waals surface area contributed by atoms with E-state index in [0.717, 1.165) is 0 Å². The minimum atomic E-state index is -1.59. The van der Waals surface area contributed by atoms with E-state index >= 15 is 0 Å². The Morgan fingerprint density at radius 3 is 2.45 bits per heavy atom. The van der Waals surface area contributed by atoms with Crippen LogP contribution < -0.4 is 0 Å². The van der Waals surface area contributed by atoms with Crippen molar-refractivity contribution in [1.29, 1.82) is 0 Å². The summed E-state index contributed by atoms with van der Waals surface area (Å²) in [6.45, 7) is 8.63. The molecule has 0 aliphatic heterocycles. The van der Waals surface area contributed by atoms with Crippen LogP contribution in [0.25, 0.3) is 0 Å². The van der Waals surface area contributed by atoms with E-state index in [1.165, 1.54) is 6.08 Å². The molecule has 0 saturated heterocycles. The van der Waals surface area contributed by atoms with Crippen molar-refractivity contribution < 1.29 is 9.22 Å². The first-order chi connectivity index (χ1) is 5.00. The molecule has 0 unspecified atom stereocenters. The van der Waals surface area contributed by atoms with Crippen molar-refractivity contribution in [3.05, 3.63) is 0 Å². The van der Waals surface area contributed by atoms with E-state index in [0.29, 0.717) is 5.54 Å². The van der Waals surface area contributed by atoms with Gasteiger partial charge in [0.05, 0.1) is 0 Å². The molecular weight excluding hydrogens is 158 g/mol. The third kappa shape index (κ3) is 4.09. The first-order valence-corrected chi connectivity index (χ1v) is 6.67. The molecule has 0 heterocycles. The van der Waals surface area contributed by atoms with Crippen LogP contribution in [-0.2, 0) is 9.22 Å². The van der Waals surface area contributed by atoms with Crippen molar-refractivity contribution in [1.82, 2.24) is 0 Å². The monoisotopic (exact) mass is 173 g/mol. The molecule has 0 aromatic heterocycles. The van der Waals surface area contributed by atoms with Crippen molar-refractivity contribution in [3.63, 3.8) is 0 Å². The SMILES string of the molecule is CC(C)[Si](C)(C)OCN=C=O. The molecule has 0 atom stereocenters. The second kappa shape index (κ2) is 4.44. The van der Waals surface area contributed by atoms with Crippen molar-refractivity contribution in [3.8, 4) is 0 Å². The number of nitrogens with zero attached hydrogens (tertiary/aromatic N) is 1. The van der Waals surface area contributed by atoms with Crippen molar-refractivity contribution in [2.75, 3.05) is 6.73 Å². The maximum atomic E-state index is 9.70. The summed E-state index contributed by atoms with van der Waals surface area (Å²) in [6, 6.07) is 0. The minimum absolute atomic E-state index is 0.168. The summed E-state index contributed by atoms with van der Waals surface area (Å²) in [5.41, 5.74) is 0.546. The standard InChI is InChI=1S/C7H15NO2Si/c1-7(2)11(3,4)10-6-8-5-9/h7H,6H2,1-4H3. The van der Waals surface area contributed by atoms with Crippen LogP contribution in [0.4, 0.5) is 0 Å². The van der Waals surface area contributed by atoms with Crippen LogP contribution in [0.15, 0.2) is 4.99 Å². The molecule has 64 valence electrons. The maximum absolute atomic E-state index is 9.70.